The van der Waals surface area contributed by atoms with Crippen LogP contribution in [0.15, 0.2) is 42.0 Å². The Balaban J connectivity index is 2.89. The lowest BCUT2D eigenvalue weighted by atomic mass is 10.0. The third-order valence-electron chi connectivity index (χ3n) is 2.64. The maximum Gasteiger partial charge on any atom is 0.0991 e. The maximum absolute atomic E-state index is 8.70. The Morgan fingerprint density at radius 3 is 2.31 bits per heavy atom. The van der Waals surface area contributed by atoms with Crippen LogP contribution in [0.5, 0.6) is 0 Å². The summed E-state index contributed by atoms with van der Waals surface area (Å²) >= 11 is 0. The fourth-order valence-corrected chi connectivity index (χ4v) is 1.29. The molecule has 82 valence electrons. The van der Waals surface area contributed by atoms with Crippen LogP contribution in [0.25, 0.3) is 5.57 Å². The number of allylic oxidation sites excluding steroid dienone is 4. The lowest BCUT2D eigenvalue weighted by Gasteiger charge is -2.00. The highest BCUT2D eigenvalue weighted by Crippen LogP contribution is 2.15. The van der Waals surface area contributed by atoms with E-state index in [4.69, 9.17) is 5.26 Å². The minimum atomic E-state index is 0.705. The van der Waals surface area contributed by atoms with E-state index in [2.05, 4.69) is 39.0 Å². The van der Waals surface area contributed by atoms with Crippen LogP contribution in [0.3, 0.4) is 0 Å². The van der Waals surface area contributed by atoms with Gasteiger partial charge < -0.3 is 0 Å². The summed E-state index contributed by atoms with van der Waals surface area (Å²) in [6, 6.07) is 9.79. The Hall–Kier alpha value is -1.81. The van der Waals surface area contributed by atoms with Crippen LogP contribution in [-0.4, -0.2) is 0 Å². The number of nitrogens with zero attached hydrogens (tertiary/aromatic N) is 1. The molecule has 0 aliphatic heterocycles. The van der Waals surface area contributed by atoms with Crippen molar-refractivity contribution in [1.29, 1.82) is 5.26 Å². The molecule has 0 amide bonds. The van der Waals surface area contributed by atoms with E-state index >= 15 is 0 Å². The zero-order valence-electron chi connectivity index (χ0n) is 10.1. The van der Waals surface area contributed by atoms with E-state index in [9.17, 15) is 0 Å². The highest BCUT2D eigenvalue weighted by Gasteiger charge is 1.95. The van der Waals surface area contributed by atoms with Crippen molar-refractivity contribution in [3.8, 4) is 6.07 Å². The van der Waals surface area contributed by atoms with Gasteiger partial charge in [-0.25, -0.2) is 0 Å². The van der Waals surface area contributed by atoms with Crippen LogP contribution >= 0.6 is 0 Å². The molecule has 0 saturated carbocycles. The molecule has 1 heteroatoms. The van der Waals surface area contributed by atoms with Crippen LogP contribution in [-0.2, 0) is 0 Å². The van der Waals surface area contributed by atoms with Gasteiger partial charge in [0.1, 0.15) is 0 Å². The van der Waals surface area contributed by atoms with Crippen LogP contribution in [0.4, 0.5) is 0 Å². The predicted octanol–water partition coefficient (Wildman–Crippen LogP) is 4.32. The molecule has 0 heterocycles. The fraction of sp³-hybridized carbons (Fsp3) is 0.267. The van der Waals surface area contributed by atoms with Gasteiger partial charge >= 0.3 is 0 Å². The van der Waals surface area contributed by atoms with Gasteiger partial charge in [-0.05, 0) is 43.5 Å². The van der Waals surface area contributed by atoms with E-state index in [0.29, 0.717) is 5.56 Å². The molecule has 0 aromatic heterocycles. The first-order valence-corrected chi connectivity index (χ1v) is 5.52. The van der Waals surface area contributed by atoms with Gasteiger partial charge in [-0.15, -0.1) is 0 Å². The number of hydrogen-bond acceptors (Lipinski definition) is 1. The molecule has 0 radical (unpaired) electrons. The molecule has 0 aliphatic rings. The Morgan fingerprint density at radius 1 is 1.19 bits per heavy atom. The number of hydrogen-bond donors (Lipinski definition) is 0. The minimum Gasteiger partial charge on any atom is -0.192 e. The zero-order valence-corrected chi connectivity index (χ0v) is 10.1. The molecule has 0 atom stereocenters. The Labute approximate surface area is 97.7 Å². The summed E-state index contributed by atoms with van der Waals surface area (Å²) < 4.78 is 0. The molecule has 1 aromatic rings. The molecule has 0 saturated heterocycles. The van der Waals surface area contributed by atoms with Crippen molar-refractivity contribution in [2.45, 2.75) is 27.2 Å². The monoisotopic (exact) mass is 211 g/mol. The molecule has 0 unspecified atom stereocenters. The second-order valence-corrected chi connectivity index (χ2v) is 3.91. The minimum absolute atomic E-state index is 0.705. The van der Waals surface area contributed by atoms with Crippen molar-refractivity contribution in [3.05, 3.63) is 53.1 Å². The topological polar surface area (TPSA) is 23.8 Å². The third-order valence-corrected chi connectivity index (χ3v) is 2.64. The summed E-state index contributed by atoms with van der Waals surface area (Å²) in [5.74, 6) is 0. The molecule has 1 nitrogen and oxygen atoms in total. The van der Waals surface area contributed by atoms with E-state index in [0.717, 1.165) is 6.42 Å². The molecule has 0 N–H and O–H groups in total. The third kappa shape index (κ3) is 3.40. The maximum atomic E-state index is 8.70. The molecule has 1 aromatic carbocycles. The van der Waals surface area contributed by atoms with Crippen LogP contribution in [0.1, 0.15) is 38.3 Å². The summed E-state index contributed by atoms with van der Waals surface area (Å²) in [6.07, 6.45) is 5.35. The lowest BCUT2D eigenvalue weighted by molar-refractivity contribution is 1.10. The van der Waals surface area contributed by atoms with Gasteiger partial charge in [-0.2, -0.15) is 5.26 Å². The SMILES string of the molecule is CC/C(C)=C\C=C(/C)c1ccc(C#N)cc1. The van der Waals surface area contributed by atoms with E-state index in [-0.39, 0.29) is 0 Å². The second kappa shape index (κ2) is 5.92. The van der Waals surface area contributed by atoms with Gasteiger partial charge in [-0.1, -0.05) is 36.8 Å². The molecule has 16 heavy (non-hydrogen) atoms. The van der Waals surface area contributed by atoms with Crippen molar-refractivity contribution in [3.63, 3.8) is 0 Å². The van der Waals surface area contributed by atoms with Crippen molar-refractivity contribution in [1.82, 2.24) is 0 Å². The largest absolute Gasteiger partial charge is 0.192 e. The number of rotatable bonds is 3. The van der Waals surface area contributed by atoms with Gasteiger partial charge in [0.2, 0.25) is 0 Å². The van der Waals surface area contributed by atoms with Crippen molar-refractivity contribution in [2.24, 2.45) is 0 Å². The van der Waals surface area contributed by atoms with Crippen LogP contribution in [0.2, 0.25) is 0 Å². The second-order valence-electron chi connectivity index (χ2n) is 3.91. The Bertz CT molecular complexity index is 441. The summed E-state index contributed by atoms with van der Waals surface area (Å²) in [6.45, 7) is 6.36. The lowest BCUT2D eigenvalue weighted by Crippen LogP contribution is -1.80. The first-order valence-electron chi connectivity index (χ1n) is 5.52. The normalized spacial score (nSPS) is 12.4. The van der Waals surface area contributed by atoms with Crippen LogP contribution < -0.4 is 0 Å². The van der Waals surface area contributed by atoms with Gasteiger partial charge in [0.05, 0.1) is 11.6 Å². The van der Waals surface area contributed by atoms with Gasteiger partial charge in [0, 0.05) is 0 Å². The van der Waals surface area contributed by atoms with Gasteiger partial charge in [0.15, 0.2) is 0 Å². The van der Waals surface area contributed by atoms with E-state index in [1.54, 1.807) is 0 Å². The van der Waals surface area contributed by atoms with Gasteiger partial charge in [-0.3, -0.25) is 0 Å². The quantitative estimate of drug-likeness (QED) is 0.683. The van der Waals surface area contributed by atoms with E-state index in [1.807, 2.05) is 24.3 Å². The summed E-state index contributed by atoms with van der Waals surface area (Å²) in [7, 11) is 0. The number of nitriles is 1. The molecule has 0 aliphatic carbocycles. The molecule has 0 fully saturated rings. The zero-order chi connectivity index (χ0) is 12.0. The van der Waals surface area contributed by atoms with Gasteiger partial charge in [0.25, 0.3) is 0 Å². The van der Waals surface area contributed by atoms with Crippen molar-refractivity contribution < 1.29 is 0 Å². The standard InChI is InChI=1S/C15H17N/c1-4-12(2)5-6-13(3)15-9-7-14(11-16)8-10-15/h5-10H,4H2,1-3H3/b12-5-,13-6+. The van der Waals surface area contributed by atoms with Crippen LogP contribution in [0, 0.1) is 11.3 Å². The Kier molecular flexibility index (Phi) is 4.54. The summed E-state index contributed by atoms with van der Waals surface area (Å²) in [5.41, 5.74) is 4.46. The first kappa shape index (κ1) is 12.3. The Morgan fingerprint density at radius 2 is 1.81 bits per heavy atom. The highest BCUT2D eigenvalue weighted by molar-refractivity contribution is 5.65. The molecule has 1 rings (SSSR count). The van der Waals surface area contributed by atoms with E-state index < -0.39 is 0 Å². The molecular formula is C15H17N. The smallest absolute Gasteiger partial charge is 0.0991 e. The highest BCUT2D eigenvalue weighted by atomic mass is 14.2. The number of benzene rings is 1. The van der Waals surface area contributed by atoms with E-state index in [1.165, 1.54) is 16.7 Å². The average molecular weight is 211 g/mol. The van der Waals surface area contributed by atoms with Crippen molar-refractivity contribution >= 4 is 5.57 Å². The fourth-order valence-electron chi connectivity index (χ4n) is 1.29. The summed E-state index contributed by atoms with van der Waals surface area (Å²) in [5, 5.41) is 8.70. The molecular weight excluding hydrogens is 194 g/mol. The average Bonchev–Trinajstić information content (AvgIpc) is 2.35. The predicted molar refractivity (Wildman–Crippen MR) is 68.9 cm³/mol. The van der Waals surface area contributed by atoms with Crippen molar-refractivity contribution in [2.75, 3.05) is 0 Å². The summed E-state index contributed by atoms with van der Waals surface area (Å²) in [4.78, 5) is 0. The molecule has 0 bridgehead atoms. The first-order chi connectivity index (χ1) is 7.67. The molecule has 0 spiro atoms.